The number of aryl methyl sites for hydroxylation is 1. The van der Waals surface area contributed by atoms with Crippen molar-refractivity contribution in [1.82, 2.24) is 10.2 Å². The fourth-order valence-electron chi connectivity index (χ4n) is 4.24. The summed E-state index contributed by atoms with van der Waals surface area (Å²) in [4.78, 5) is 27.0. The molecule has 1 saturated heterocycles. The lowest BCUT2D eigenvalue weighted by molar-refractivity contribution is -0.130. The number of hydrogen-bond donors (Lipinski definition) is 1. The predicted octanol–water partition coefficient (Wildman–Crippen LogP) is 3.62. The maximum Gasteiger partial charge on any atom is 0.225 e. The van der Waals surface area contributed by atoms with Crippen molar-refractivity contribution in [3.8, 4) is 0 Å². The van der Waals surface area contributed by atoms with E-state index in [1.54, 1.807) is 0 Å². The van der Waals surface area contributed by atoms with Crippen LogP contribution in [0.15, 0.2) is 24.3 Å². The van der Waals surface area contributed by atoms with Crippen molar-refractivity contribution in [2.75, 3.05) is 13.1 Å². The van der Waals surface area contributed by atoms with Crippen molar-refractivity contribution >= 4 is 11.8 Å². The van der Waals surface area contributed by atoms with E-state index in [1.807, 2.05) is 4.90 Å². The number of rotatable bonds is 5. The van der Waals surface area contributed by atoms with Crippen molar-refractivity contribution in [3.63, 3.8) is 0 Å². The summed E-state index contributed by atoms with van der Waals surface area (Å²) in [6.07, 6.45) is 9.73. The first-order chi connectivity index (χ1) is 12.6. The first-order valence-corrected chi connectivity index (χ1v) is 10.3. The van der Waals surface area contributed by atoms with Crippen molar-refractivity contribution in [1.29, 1.82) is 0 Å². The topological polar surface area (TPSA) is 49.4 Å². The van der Waals surface area contributed by atoms with Gasteiger partial charge in [-0.2, -0.15) is 0 Å². The van der Waals surface area contributed by atoms with Gasteiger partial charge in [-0.3, -0.25) is 9.59 Å². The molecular weight excluding hydrogens is 324 g/mol. The molecule has 26 heavy (non-hydrogen) atoms. The normalized spacial score (nSPS) is 22.1. The molecule has 0 aromatic heterocycles. The van der Waals surface area contributed by atoms with E-state index in [-0.39, 0.29) is 17.7 Å². The van der Waals surface area contributed by atoms with Crippen molar-refractivity contribution in [3.05, 3.63) is 35.4 Å². The summed E-state index contributed by atoms with van der Waals surface area (Å²) in [5.41, 5.74) is 2.48. The summed E-state index contributed by atoms with van der Waals surface area (Å²) in [5.74, 6) is 0.0408. The minimum absolute atomic E-state index is 0.0406. The highest BCUT2D eigenvalue weighted by Crippen LogP contribution is 2.27. The zero-order valence-corrected chi connectivity index (χ0v) is 16.0. The van der Waals surface area contributed by atoms with E-state index in [1.165, 1.54) is 43.2 Å². The van der Waals surface area contributed by atoms with Crippen LogP contribution in [0.25, 0.3) is 0 Å². The largest absolute Gasteiger partial charge is 0.355 e. The molecule has 4 nitrogen and oxygen atoms in total. The van der Waals surface area contributed by atoms with E-state index in [2.05, 4.69) is 36.5 Å². The van der Waals surface area contributed by atoms with Gasteiger partial charge in [0.1, 0.15) is 0 Å². The highest BCUT2D eigenvalue weighted by Gasteiger charge is 2.37. The Kier molecular flexibility index (Phi) is 6.70. The third-order valence-electron chi connectivity index (χ3n) is 5.88. The zero-order valence-electron chi connectivity index (χ0n) is 16.0. The van der Waals surface area contributed by atoms with Crippen LogP contribution in [0.5, 0.6) is 0 Å². The van der Waals surface area contributed by atoms with Gasteiger partial charge in [0.15, 0.2) is 0 Å². The van der Waals surface area contributed by atoms with Gasteiger partial charge in [0.25, 0.3) is 0 Å². The van der Waals surface area contributed by atoms with Crippen LogP contribution in [0.1, 0.15) is 62.5 Å². The lowest BCUT2D eigenvalue weighted by Crippen LogP contribution is -2.39. The first kappa shape index (κ1) is 18.9. The van der Waals surface area contributed by atoms with Crippen LogP contribution in [0.4, 0.5) is 0 Å². The van der Waals surface area contributed by atoms with E-state index in [0.29, 0.717) is 25.6 Å². The Morgan fingerprint density at radius 3 is 2.42 bits per heavy atom. The molecule has 0 spiro atoms. The van der Waals surface area contributed by atoms with Gasteiger partial charge in [-0.05, 0) is 31.7 Å². The molecule has 2 aliphatic rings. The van der Waals surface area contributed by atoms with Crippen LogP contribution < -0.4 is 5.32 Å². The third-order valence-corrected chi connectivity index (χ3v) is 5.88. The van der Waals surface area contributed by atoms with Crippen molar-refractivity contribution < 1.29 is 9.59 Å². The van der Waals surface area contributed by atoms with Crippen LogP contribution in [-0.2, 0) is 16.0 Å². The van der Waals surface area contributed by atoms with Gasteiger partial charge in [0.2, 0.25) is 11.8 Å². The van der Waals surface area contributed by atoms with Gasteiger partial charge in [-0.15, -0.1) is 0 Å². The fourth-order valence-corrected chi connectivity index (χ4v) is 4.24. The van der Waals surface area contributed by atoms with Crippen molar-refractivity contribution in [2.45, 2.75) is 70.8 Å². The van der Waals surface area contributed by atoms with Gasteiger partial charge in [0, 0.05) is 25.6 Å². The molecular formula is C22H32N2O2. The molecule has 142 valence electrons. The lowest BCUT2D eigenvalue weighted by Gasteiger charge is -2.29. The molecule has 0 unspecified atom stereocenters. The minimum Gasteiger partial charge on any atom is -0.355 e. The second-order valence-electron chi connectivity index (χ2n) is 7.97. The van der Waals surface area contributed by atoms with E-state index in [0.717, 1.165) is 19.3 Å². The van der Waals surface area contributed by atoms with Gasteiger partial charge >= 0.3 is 0 Å². The smallest absolute Gasteiger partial charge is 0.225 e. The average molecular weight is 357 g/mol. The van der Waals surface area contributed by atoms with E-state index in [4.69, 9.17) is 0 Å². The Bertz CT molecular complexity index is 603. The maximum absolute atomic E-state index is 12.5. The summed E-state index contributed by atoms with van der Waals surface area (Å²) < 4.78 is 0. The summed E-state index contributed by atoms with van der Waals surface area (Å²) in [6, 6.07) is 8.76. The van der Waals surface area contributed by atoms with Crippen molar-refractivity contribution in [2.24, 2.45) is 5.92 Å². The summed E-state index contributed by atoms with van der Waals surface area (Å²) in [6.45, 7) is 3.32. The van der Waals surface area contributed by atoms with Crippen LogP contribution >= 0.6 is 0 Å². The molecule has 1 aromatic carbocycles. The molecule has 1 aliphatic heterocycles. The Morgan fingerprint density at radius 1 is 1.08 bits per heavy atom. The monoisotopic (exact) mass is 356 g/mol. The highest BCUT2D eigenvalue weighted by molar-refractivity contribution is 5.89. The first-order valence-electron chi connectivity index (χ1n) is 10.3. The summed E-state index contributed by atoms with van der Waals surface area (Å²) >= 11 is 0. The SMILES string of the molecule is Cc1ccc(CCNC(=O)[C@H]2CC(=O)N(C3CCCCCCC3)C2)cc1. The number of carbonyl (C=O) groups excluding carboxylic acids is 2. The van der Waals surface area contributed by atoms with E-state index < -0.39 is 0 Å². The van der Waals surface area contributed by atoms with Crippen LogP contribution in [0.3, 0.4) is 0 Å². The molecule has 1 aromatic rings. The van der Waals surface area contributed by atoms with Crippen LogP contribution in [0.2, 0.25) is 0 Å². The minimum atomic E-state index is -0.175. The predicted molar refractivity (Wildman–Crippen MR) is 104 cm³/mol. The lowest BCUT2D eigenvalue weighted by atomic mass is 9.96. The number of likely N-dealkylation sites (tertiary alicyclic amines) is 1. The molecule has 1 heterocycles. The number of nitrogens with zero attached hydrogens (tertiary/aromatic N) is 1. The van der Waals surface area contributed by atoms with Gasteiger partial charge in [0.05, 0.1) is 5.92 Å². The zero-order chi connectivity index (χ0) is 18.4. The Hall–Kier alpha value is -1.84. The molecule has 1 atom stereocenters. The number of benzene rings is 1. The Labute approximate surface area is 157 Å². The van der Waals surface area contributed by atoms with Gasteiger partial charge < -0.3 is 10.2 Å². The van der Waals surface area contributed by atoms with Crippen LogP contribution in [-0.4, -0.2) is 35.8 Å². The quantitative estimate of drug-likeness (QED) is 0.876. The molecule has 1 N–H and O–H groups in total. The Morgan fingerprint density at radius 2 is 1.73 bits per heavy atom. The molecule has 4 heteroatoms. The number of carbonyl (C=O) groups is 2. The Balaban J connectivity index is 1.46. The third kappa shape index (κ3) is 5.09. The van der Waals surface area contributed by atoms with E-state index in [9.17, 15) is 9.59 Å². The number of nitrogens with one attached hydrogen (secondary N) is 1. The summed E-state index contributed by atoms with van der Waals surface area (Å²) in [7, 11) is 0. The molecule has 2 fully saturated rings. The standard InChI is InChI=1S/C22H32N2O2/c1-17-9-11-18(12-10-17)13-14-23-22(26)19-15-21(25)24(16-19)20-7-5-3-2-4-6-8-20/h9-12,19-20H,2-8,13-16H2,1H3,(H,23,26)/t19-/m0/s1. The fraction of sp³-hybridized carbons (Fsp3) is 0.636. The molecule has 3 rings (SSSR count). The number of amides is 2. The van der Waals surface area contributed by atoms with Gasteiger partial charge in [-0.25, -0.2) is 0 Å². The second-order valence-corrected chi connectivity index (χ2v) is 7.97. The van der Waals surface area contributed by atoms with Crippen LogP contribution in [0, 0.1) is 12.8 Å². The maximum atomic E-state index is 12.5. The molecule has 1 aliphatic carbocycles. The molecule has 2 amide bonds. The van der Waals surface area contributed by atoms with Gasteiger partial charge in [-0.1, -0.05) is 61.9 Å². The average Bonchev–Trinajstić information content (AvgIpc) is 2.98. The molecule has 1 saturated carbocycles. The highest BCUT2D eigenvalue weighted by atomic mass is 16.2. The number of hydrogen-bond acceptors (Lipinski definition) is 2. The summed E-state index contributed by atoms with van der Waals surface area (Å²) in [5, 5.41) is 3.04. The van der Waals surface area contributed by atoms with E-state index >= 15 is 0 Å². The second kappa shape index (κ2) is 9.20. The molecule has 0 radical (unpaired) electrons. The molecule has 0 bridgehead atoms.